The molecule has 0 aliphatic carbocycles. The Morgan fingerprint density at radius 1 is 1.64 bits per heavy atom. The fourth-order valence-electron chi connectivity index (χ4n) is 0.969. The molecule has 2 rings (SSSR count). The summed E-state index contributed by atoms with van der Waals surface area (Å²) < 4.78 is 4.91. The highest BCUT2D eigenvalue weighted by Crippen LogP contribution is 2.25. The van der Waals surface area contributed by atoms with Crippen LogP contribution in [-0.2, 0) is 4.79 Å². The third-order valence-corrected chi connectivity index (χ3v) is 1.47. The smallest absolute Gasteiger partial charge is 0.330 e. The maximum Gasteiger partial charge on any atom is 0.330 e. The van der Waals surface area contributed by atoms with Gasteiger partial charge in [-0.1, -0.05) is 6.07 Å². The van der Waals surface area contributed by atoms with Crippen LogP contribution < -0.4 is 10.1 Å². The van der Waals surface area contributed by atoms with Crippen LogP contribution in [0.25, 0.3) is 0 Å². The van der Waals surface area contributed by atoms with Gasteiger partial charge in [-0.25, -0.2) is 4.79 Å². The molecule has 0 atom stereocenters. The molecule has 0 unspecified atom stereocenters. The molecular weight excluding hydrogens is 142 g/mol. The van der Waals surface area contributed by atoms with Crippen LogP contribution in [0.3, 0.4) is 0 Å². The zero-order valence-corrected chi connectivity index (χ0v) is 5.76. The Hall–Kier alpha value is -1.51. The van der Waals surface area contributed by atoms with Crippen molar-refractivity contribution in [2.75, 3.05) is 11.9 Å². The minimum atomic E-state index is -0.247. The topological polar surface area (TPSA) is 38.3 Å². The third-order valence-electron chi connectivity index (χ3n) is 1.47. The highest BCUT2D eigenvalue weighted by molar-refractivity contribution is 5.83. The lowest BCUT2D eigenvalue weighted by molar-refractivity contribution is -0.132. The molecule has 55 valence electrons. The summed E-state index contributed by atoms with van der Waals surface area (Å²) in [6.45, 7) is 0.241. The average Bonchev–Trinajstić information content (AvgIpc) is 2.04. The van der Waals surface area contributed by atoms with Gasteiger partial charge in [0.15, 0.2) is 5.75 Å². The molecule has 11 heavy (non-hydrogen) atoms. The number of fused-ring (bicyclic) bond motifs is 1. The van der Waals surface area contributed by atoms with Crippen LogP contribution in [0.4, 0.5) is 5.69 Å². The van der Waals surface area contributed by atoms with Crippen LogP contribution in [0, 0.1) is 6.07 Å². The Labute approximate surface area is 64.0 Å². The van der Waals surface area contributed by atoms with Crippen molar-refractivity contribution in [3.63, 3.8) is 0 Å². The molecule has 0 saturated carbocycles. The van der Waals surface area contributed by atoms with E-state index in [2.05, 4.69) is 11.4 Å². The molecule has 1 aliphatic rings. The lowest BCUT2D eigenvalue weighted by atomic mass is 10.2. The second kappa shape index (κ2) is 2.27. The lowest BCUT2D eigenvalue weighted by Gasteiger charge is -2.16. The van der Waals surface area contributed by atoms with Gasteiger partial charge in [0, 0.05) is 0 Å². The molecule has 1 aromatic carbocycles. The molecule has 1 radical (unpaired) electrons. The average molecular weight is 148 g/mol. The summed E-state index contributed by atoms with van der Waals surface area (Å²) in [7, 11) is 0. The first-order chi connectivity index (χ1) is 5.36. The van der Waals surface area contributed by atoms with Gasteiger partial charge in [-0.05, 0) is 18.2 Å². The van der Waals surface area contributed by atoms with E-state index in [1.807, 2.05) is 0 Å². The normalized spacial score (nSPS) is 14.7. The van der Waals surface area contributed by atoms with Gasteiger partial charge in [-0.15, -0.1) is 0 Å². The fraction of sp³-hybridized carbons (Fsp3) is 0.125. The van der Waals surface area contributed by atoms with Gasteiger partial charge >= 0.3 is 5.97 Å². The van der Waals surface area contributed by atoms with Gasteiger partial charge in [0.2, 0.25) is 0 Å². The van der Waals surface area contributed by atoms with E-state index in [1.54, 1.807) is 18.2 Å². The molecule has 0 bridgehead atoms. The summed E-state index contributed by atoms with van der Waals surface area (Å²) in [6, 6.07) is 8.05. The van der Waals surface area contributed by atoms with Crippen LogP contribution in [0.15, 0.2) is 18.2 Å². The van der Waals surface area contributed by atoms with Crippen LogP contribution >= 0.6 is 0 Å². The quantitative estimate of drug-likeness (QED) is 0.437. The van der Waals surface area contributed by atoms with E-state index in [9.17, 15) is 4.79 Å². The summed E-state index contributed by atoms with van der Waals surface area (Å²) >= 11 is 0. The Morgan fingerprint density at radius 2 is 2.55 bits per heavy atom. The van der Waals surface area contributed by atoms with Crippen LogP contribution in [-0.4, -0.2) is 12.5 Å². The van der Waals surface area contributed by atoms with Crippen molar-refractivity contribution in [1.29, 1.82) is 0 Å². The van der Waals surface area contributed by atoms with Gasteiger partial charge in [0.1, 0.15) is 6.54 Å². The van der Waals surface area contributed by atoms with E-state index in [0.29, 0.717) is 5.75 Å². The zero-order chi connectivity index (χ0) is 7.68. The van der Waals surface area contributed by atoms with Crippen molar-refractivity contribution < 1.29 is 9.53 Å². The number of carbonyl (C=O) groups excluding carboxylic acids is 1. The summed E-state index contributed by atoms with van der Waals surface area (Å²) in [5, 5.41) is 2.91. The van der Waals surface area contributed by atoms with E-state index < -0.39 is 0 Å². The Bertz CT molecular complexity index is 296. The molecule has 3 heteroatoms. The molecule has 1 aromatic rings. The second-order valence-electron chi connectivity index (χ2n) is 2.25. The highest BCUT2D eigenvalue weighted by atomic mass is 16.5. The summed E-state index contributed by atoms with van der Waals surface area (Å²) in [6.07, 6.45) is 0. The predicted molar refractivity (Wildman–Crippen MR) is 39.4 cm³/mol. The molecule has 1 N–H and O–H groups in total. The Balaban J connectivity index is 2.41. The van der Waals surface area contributed by atoms with Crippen molar-refractivity contribution in [3.05, 3.63) is 24.3 Å². The van der Waals surface area contributed by atoms with Crippen molar-refractivity contribution in [1.82, 2.24) is 0 Å². The lowest BCUT2D eigenvalue weighted by Crippen LogP contribution is -2.24. The fourth-order valence-corrected chi connectivity index (χ4v) is 0.969. The van der Waals surface area contributed by atoms with Crippen LogP contribution in [0.5, 0.6) is 5.75 Å². The number of nitrogens with one attached hydrogen (secondary N) is 1. The van der Waals surface area contributed by atoms with Gasteiger partial charge in [0.05, 0.1) is 5.69 Å². The zero-order valence-electron chi connectivity index (χ0n) is 5.76. The first-order valence-electron chi connectivity index (χ1n) is 3.31. The Kier molecular flexibility index (Phi) is 1.28. The first kappa shape index (κ1) is 6.22. The monoisotopic (exact) mass is 148 g/mol. The second-order valence-corrected chi connectivity index (χ2v) is 2.25. The molecule has 0 spiro atoms. The number of anilines is 1. The SMILES string of the molecule is O=C1CNc2c[c]ccc2O1. The minimum absolute atomic E-state index is 0.241. The number of hydrogen-bond acceptors (Lipinski definition) is 3. The molecule has 3 nitrogen and oxygen atoms in total. The third kappa shape index (κ3) is 1.05. The van der Waals surface area contributed by atoms with Crippen molar-refractivity contribution >= 4 is 11.7 Å². The van der Waals surface area contributed by atoms with Gasteiger partial charge in [-0.2, -0.15) is 0 Å². The molecule has 0 fully saturated rings. The number of ether oxygens (including phenoxy) is 1. The van der Waals surface area contributed by atoms with Crippen molar-refractivity contribution in [3.8, 4) is 5.75 Å². The summed E-state index contributed by atoms with van der Waals surface area (Å²) in [4.78, 5) is 10.7. The maximum atomic E-state index is 10.7. The maximum absolute atomic E-state index is 10.7. The number of carbonyl (C=O) groups is 1. The largest absolute Gasteiger partial charge is 0.423 e. The van der Waals surface area contributed by atoms with Crippen LogP contribution in [0.2, 0.25) is 0 Å². The number of esters is 1. The molecular formula is C8H6NO2. The molecule has 0 amide bonds. The first-order valence-corrected chi connectivity index (χ1v) is 3.31. The molecule has 1 aliphatic heterocycles. The van der Waals surface area contributed by atoms with E-state index >= 15 is 0 Å². The number of benzene rings is 1. The van der Waals surface area contributed by atoms with Crippen molar-refractivity contribution in [2.24, 2.45) is 0 Å². The molecule has 0 aromatic heterocycles. The van der Waals surface area contributed by atoms with Crippen molar-refractivity contribution in [2.45, 2.75) is 0 Å². The number of rotatable bonds is 0. The van der Waals surface area contributed by atoms with Crippen LogP contribution in [0.1, 0.15) is 0 Å². The van der Waals surface area contributed by atoms with Gasteiger partial charge in [0.25, 0.3) is 0 Å². The summed E-state index contributed by atoms with van der Waals surface area (Å²) in [5.74, 6) is 0.337. The van der Waals surface area contributed by atoms with E-state index in [1.165, 1.54) is 0 Å². The highest BCUT2D eigenvalue weighted by Gasteiger charge is 2.14. The predicted octanol–water partition coefficient (Wildman–Crippen LogP) is 0.818. The molecule has 0 saturated heterocycles. The van der Waals surface area contributed by atoms with Gasteiger partial charge < -0.3 is 10.1 Å². The minimum Gasteiger partial charge on any atom is -0.423 e. The Morgan fingerprint density at radius 3 is 3.45 bits per heavy atom. The summed E-state index contributed by atoms with van der Waals surface area (Å²) in [5.41, 5.74) is 0.826. The molecule has 1 heterocycles. The van der Waals surface area contributed by atoms with E-state index in [4.69, 9.17) is 4.74 Å². The van der Waals surface area contributed by atoms with Gasteiger partial charge in [-0.3, -0.25) is 0 Å². The van der Waals surface area contributed by atoms with E-state index in [-0.39, 0.29) is 12.5 Å². The standard InChI is InChI=1S/C8H6NO2/c10-8-5-9-6-3-1-2-4-7(6)11-8/h2-4,9H,5H2. The van der Waals surface area contributed by atoms with E-state index in [0.717, 1.165) is 5.69 Å². The number of hydrogen-bond donors (Lipinski definition) is 1.